The molecule has 1 aliphatic heterocycles. The number of hydrogen-bond acceptors (Lipinski definition) is 5. The molecule has 1 unspecified atom stereocenters. The molecular weight excluding hydrogens is 362 g/mol. The fourth-order valence-electron chi connectivity index (χ4n) is 3.86. The van der Waals surface area contributed by atoms with E-state index in [1.54, 1.807) is 6.92 Å². The Hall–Kier alpha value is -2.18. The average molecular weight is 398 g/mol. The second-order valence-electron chi connectivity index (χ2n) is 8.49. The minimum atomic E-state index is -1.01. The van der Waals surface area contributed by atoms with E-state index in [9.17, 15) is 5.11 Å². The third-order valence-corrected chi connectivity index (χ3v) is 5.51. The van der Waals surface area contributed by atoms with E-state index < -0.39 is 6.23 Å². The highest BCUT2D eigenvalue weighted by Gasteiger charge is 2.24. The Balaban J connectivity index is 1.90. The number of aromatic nitrogens is 1. The molecule has 1 aromatic carbocycles. The van der Waals surface area contributed by atoms with Crippen LogP contribution in [-0.4, -0.2) is 41.6 Å². The second kappa shape index (κ2) is 9.55. The number of hydrogen-bond donors (Lipinski definition) is 3. The molecule has 6 nitrogen and oxygen atoms in total. The number of fused-ring (bicyclic) bond motifs is 1. The summed E-state index contributed by atoms with van der Waals surface area (Å²) in [6, 6.07) is 8.90. The maximum atomic E-state index is 10.7. The number of rotatable bonds is 7. The predicted molar refractivity (Wildman–Crippen MR) is 121 cm³/mol. The molecule has 4 N–H and O–H groups in total. The molecule has 3 rings (SSSR count). The van der Waals surface area contributed by atoms with Crippen LogP contribution in [0.15, 0.2) is 29.3 Å². The molecule has 1 aliphatic rings. The molecule has 1 saturated heterocycles. The minimum Gasteiger partial charge on any atom is -0.388 e. The van der Waals surface area contributed by atoms with Crippen molar-refractivity contribution in [2.75, 3.05) is 24.5 Å². The number of aryl methyl sites for hydroxylation is 1. The number of pyridine rings is 1. The minimum absolute atomic E-state index is 0.363. The van der Waals surface area contributed by atoms with Crippen LogP contribution in [0.2, 0.25) is 0 Å². The van der Waals surface area contributed by atoms with Crippen molar-refractivity contribution in [1.29, 1.82) is 0 Å². The summed E-state index contributed by atoms with van der Waals surface area (Å²) in [5.41, 5.74) is 8.67. The van der Waals surface area contributed by atoms with Crippen LogP contribution in [0, 0.1) is 5.92 Å². The van der Waals surface area contributed by atoms with Crippen LogP contribution in [0.3, 0.4) is 0 Å². The molecule has 0 saturated carbocycles. The first-order chi connectivity index (χ1) is 13.9. The van der Waals surface area contributed by atoms with E-state index in [1.165, 1.54) is 5.56 Å². The lowest BCUT2D eigenvalue weighted by atomic mass is 10.0. The molecule has 6 heteroatoms. The van der Waals surface area contributed by atoms with Gasteiger partial charge in [-0.05, 0) is 62.4 Å². The van der Waals surface area contributed by atoms with E-state index >= 15 is 0 Å². The molecular formula is C23H35N5O. The maximum Gasteiger partial charge on any atom is 0.176 e. The van der Waals surface area contributed by atoms with Crippen LogP contribution in [0.4, 0.5) is 5.82 Å². The number of aliphatic imine (C=N–C) groups is 1. The maximum absolute atomic E-state index is 10.7. The molecule has 0 bridgehead atoms. The molecule has 2 heterocycles. The second-order valence-corrected chi connectivity index (χ2v) is 8.49. The largest absolute Gasteiger partial charge is 0.388 e. The summed E-state index contributed by atoms with van der Waals surface area (Å²) in [5.74, 6) is 1.84. The highest BCUT2D eigenvalue weighted by molar-refractivity contribution is 5.83. The van der Waals surface area contributed by atoms with Gasteiger partial charge in [0.2, 0.25) is 0 Å². The average Bonchev–Trinajstić information content (AvgIpc) is 2.70. The number of aliphatic hydroxyl groups is 1. The van der Waals surface area contributed by atoms with E-state index in [-0.39, 0.29) is 0 Å². The lowest BCUT2D eigenvalue weighted by Crippen LogP contribution is -2.44. The molecule has 2 aromatic rings. The third-order valence-electron chi connectivity index (χ3n) is 5.51. The van der Waals surface area contributed by atoms with Crippen molar-refractivity contribution in [2.24, 2.45) is 16.6 Å². The van der Waals surface area contributed by atoms with Crippen LogP contribution >= 0.6 is 0 Å². The molecule has 1 atom stereocenters. The van der Waals surface area contributed by atoms with E-state index in [0.717, 1.165) is 61.2 Å². The topological polar surface area (TPSA) is 86.8 Å². The zero-order valence-electron chi connectivity index (χ0n) is 18.2. The smallest absolute Gasteiger partial charge is 0.176 e. The monoisotopic (exact) mass is 397 g/mol. The Kier molecular flexibility index (Phi) is 7.09. The van der Waals surface area contributed by atoms with Crippen LogP contribution < -0.4 is 16.0 Å². The summed E-state index contributed by atoms with van der Waals surface area (Å²) in [4.78, 5) is 11.4. The van der Waals surface area contributed by atoms with Crippen molar-refractivity contribution < 1.29 is 5.11 Å². The van der Waals surface area contributed by atoms with Gasteiger partial charge in [-0.15, -0.1) is 0 Å². The van der Waals surface area contributed by atoms with Crippen LogP contribution in [0.5, 0.6) is 0 Å². The van der Waals surface area contributed by atoms with Crippen molar-refractivity contribution >= 4 is 22.6 Å². The number of nitrogens with zero attached hydrogens (tertiary/aromatic N) is 3. The molecule has 0 radical (unpaired) electrons. The molecule has 0 amide bonds. The van der Waals surface area contributed by atoms with Crippen molar-refractivity contribution in [1.82, 2.24) is 10.3 Å². The summed E-state index contributed by atoms with van der Waals surface area (Å²) in [6.45, 7) is 11.2. The van der Waals surface area contributed by atoms with E-state index in [4.69, 9.17) is 10.7 Å². The standard InChI is InChI=1S/C23H35N5O/c1-5-17-6-7-21-18(12-17)13-20(23(29)26-16(4)24)22(27-21)28-10-8-19(9-11-28)25-14-15(2)3/h6-7,12-13,15,19,23,25,29H,5,8-11,14H2,1-4H3,(H2,24,26). The zero-order chi connectivity index (χ0) is 21.0. The van der Waals surface area contributed by atoms with Gasteiger partial charge in [0.25, 0.3) is 0 Å². The van der Waals surface area contributed by atoms with Gasteiger partial charge in [-0.3, -0.25) is 0 Å². The predicted octanol–water partition coefficient (Wildman–Crippen LogP) is 3.38. The number of aliphatic hydroxyl groups excluding tert-OH is 1. The Labute approximate surface area is 174 Å². The highest BCUT2D eigenvalue weighted by atomic mass is 16.3. The first-order valence-corrected chi connectivity index (χ1v) is 10.8. The molecule has 0 aliphatic carbocycles. The van der Waals surface area contributed by atoms with Gasteiger partial charge in [-0.1, -0.05) is 26.8 Å². The van der Waals surface area contributed by atoms with Crippen molar-refractivity contribution in [3.8, 4) is 0 Å². The third kappa shape index (κ3) is 5.46. The fraction of sp³-hybridized carbons (Fsp3) is 0.565. The molecule has 29 heavy (non-hydrogen) atoms. The van der Waals surface area contributed by atoms with Gasteiger partial charge >= 0.3 is 0 Å². The van der Waals surface area contributed by atoms with Gasteiger partial charge in [0.05, 0.1) is 11.4 Å². The van der Waals surface area contributed by atoms with Gasteiger partial charge in [-0.2, -0.15) is 0 Å². The fourth-order valence-corrected chi connectivity index (χ4v) is 3.86. The number of benzene rings is 1. The normalized spacial score (nSPS) is 17.3. The van der Waals surface area contributed by atoms with Crippen LogP contribution in [0.1, 0.15) is 57.9 Å². The van der Waals surface area contributed by atoms with Crippen LogP contribution in [0.25, 0.3) is 10.9 Å². The van der Waals surface area contributed by atoms with E-state index in [0.29, 0.717) is 17.8 Å². The number of piperidine rings is 1. The Morgan fingerprint density at radius 1 is 1.31 bits per heavy atom. The number of nitrogens with one attached hydrogen (secondary N) is 1. The zero-order valence-corrected chi connectivity index (χ0v) is 18.2. The highest BCUT2D eigenvalue weighted by Crippen LogP contribution is 2.31. The number of amidine groups is 1. The Morgan fingerprint density at radius 3 is 2.66 bits per heavy atom. The quantitative estimate of drug-likeness (QED) is 0.492. The first kappa shape index (κ1) is 21.5. The summed E-state index contributed by atoms with van der Waals surface area (Å²) in [6.07, 6.45) is 2.09. The van der Waals surface area contributed by atoms with Gasteiger partial charge in [0.1, 0.15) is 5.82 Å². The van der Waals surface area contributed by atoms with Crippen LogP contribution in [-0.2, 0) is 6.42 Å². The van der Waals surface area contributed by atoms with Crippen molar-refractivity contribution in [3.05, 3.63) is 35.4 Å². The lowest BCUT2D eigenvalue weighted by molar-refractivity contribution is 0.188. The summed E-state index contributed by atoms with van der Waals surface area (Å²) >= 11 is 0. The van der Waals surface area contributed by atoms with Gasteiger partial charge in [-0.25, -0.2) is 9.98 Å². The first-order valence-electron chi connectivity index (χ1n) is 10.8. The molecule has 1 aromatic heterocycles. The van der Waals surface area contributed by atoms with Gasteiger partial charge < -0.3 is 21.1 Å². The lowest BCUT2D eigenvalue weighted by Gasteiger charge is -2.35. The number of nitrogens with two attached hydrogens (primary N) is 1. The summed E-state index contributed by atoms with van der Waals surface area (Å²) < 4.78 is 0. The van der Waals surface area contributed by atoms with E-state index in [1.807, 2.05) is 6.07 Å². The summed E-state index contributed by atoms with van der Waals surface area (Å²) in [7, 11) is 0. The van der Waals surface area contributed by atoms with Crippen molar-refractivity contribution in [3.63, 3.8) is 0 Å². The Morgan fingerprint density at radius 2 is 2.03 bits per heavy atom. The molecule has 1 fully saturated rings. The molecule has 158 valence electrons. The molecule has 0 spiro atoms. The van der Waals surface area contributed by atoms with Gasteiger partial charge in [0, 0.05) is 30.1 Å². The number of anilines is 1. The Bertz CT molecular complexity index is 852. The van der Waals surface area contributed by atoms with Gasteiger partial charge in [0.15, 0.2) is 6.23 Å². The van der Waals surface area contributed by atoms with E-state index in [2.05, 4.69) is 54.2 Å². The SMILES string of the molecule is CCc1ccc2nc(N3CCC(NCC(C)C)CC3)c(C(O)/N=C(/C)N)cc2c1. The van der Waals surface area contributed by atoms with Crippen molar-refractivity contribution in [2.45, 2.75) is 59.2 Å². The summed E-state index contributed by atoms with van der Waals surface area (Å²) in [5, 5.41) is 15.4.